The first-order valence-corrected chi connectivity index (χ1v) is 8.83. The number of hydrogen-bond donors (Lipinski definition) is 1. The molecule has 0 amide bonds. The molecule has 0 saturated heterocycles. The number of nitrogens with zero attached hydrogens (tertiary/aromatic N) is 3. The van der Waals surface area contributed by atoms with E-state index in [4.69, 9.17) is 57.7 Å². The Balaban J connectivity index is 0.000000283. The van der Waals surface area contributed by atoms with Gasteiger partial charge in [0.05, 0.1) is 23.1 Å². The minimum Gasteiger partial charge on any atom is -0.325 e. The molecule has 0 radical (unpaired) electrons. The lowest BCUT2D eigenvalue weighted by molar-refractivity contribution is 0.00560. The number of nitrogens with two attached hydrogens (primary N) is 1. The van der Waals surface area contributed by atoms with Crippen molar-refractivity contribution < 1.29 is 17.6 Å². The lowest BCUT2D eigenvalue weighted by atomic mass is 10.1. The molecule has 0 aliphatic heterocycles. The Labute approximate surface area is 177 Å². The van der Waals surface area contributed by atoms with Crippen LogP contribution in [-0.4, -0.2) is 13.1 Å². The zero-order valence-electron chi connectivity index (χ0n) is 13.8. The van der Waals surface area contributed by atoms with Gasteiger partial charge in [-0.2, -0.15) is 8.78 Å². The number of rotatable bonds is 5. The fourth-order valence-electron chi connectivity index (χ4n) is 1.89. The molecule has 0 spiro atoms. The molecule has 28 heavy (non-hydrogen) atoms. The van der Waals surface area contributed by atoms with E-state index in [1.807, 2.05) is 0 Å². The normalized spacial score (nSPS) is 11.3. The lowest BCUT2D eigenvalue weighted by Gasteiger charge is -2.15. The molecule has 2 rings (SSSR count). The van der Waals surface area contributed by atoms with Crippen molar-refractivity contribution >= 4 is 46.4 Å². The van der Waals surface area contributed by atoms with Crippen LogP contribution in [0.4, 0.5) is 17.6 Å². The van der Waals surface area contributed by atoms with E-state index in [0.717, 1.165) is 6.07 Å². The second-order valence-corrected chi connectivity index (χ2v) is 6.94. The van der Waals surface area contributed by atoms with Crippen LogP contribution < -0.4 is 5.73 Å². The van der Waals surface area contributed by atoms with Gasteiger partial charge in [0, 0.05) is 26.1 Å². The summed E-state index contributed by atoms with van der Waals surface area (Å²) in [4.78, 5) is 2.27. The molecule has 0 bridgehead atoms. The van der Waals surface area contributed by atoms with Crippen LogP contribution in [0.5, 0.6) is 0 Å². The van der Waals surface area contributed by atoms with Crippen molar-refractivity contribution in [2.24, 2.45) is 10.8 Å². The van der Waals surface area contributed by atoms with Gasteiger partial charge in [-0.05, 0) is 29.8 Å². The SMILES string of the molecule is NCC(F)(F)c1ccc(Cl)cc1Cl.[N-]=[N+]=NCC(F)(F)c1ccc(Cl)cc1Cl. The predicted molar refractivity (Wildman–Crippen MR) is 104 cm³/mol. The number of azide groups is 1. The van der Waals surface area contributed by atoms with Gasteiger partial charge in [-0.25, -0.2) is 8.78 Å². The second kappa shape index (κ2) is 10.4. The average Bonchev–Trinajstić information content (AvgIpc) is 2.60. The number of alkyl halides is 4. The third-order valence-electron chi connectivity index (χ3n) is 3.24. The first-order valence-electron chi connectivity index (χ1n) is 7.32. The van der Waals surface area contributed by atoms with Gasteiger partial charge < -0.3 is 5.73 Å². The van der Waals surface area contributed by atoms with Gasteiger partial charge in [0.1, 0.15) is 0 Å². The van der Waals surface area contributed by atoms with E-state index in [1.165, 1.54) is 30.3 Å². The maximum absolute atomic E-state index is 13.3. The summed E-state index contributed by atoms with van der Waals surface area (Å²) in [6.45, 7) is -1.74. The number of halogens is 8. The summed E-state index contributed by atoms with van der Waals surface area (Å²) in [6.07, 6.45) is 0. The highest BCUT2D eigenvalue weighted by Gasteiger charge is 2.33. The van der Waals surface area contributed by atoms with Crippen LogP contribution in [0, 0.1) is 0 Å². The Morgan fingerprint density at radius 1 is 0.857 bits per heavy atom. The summed E-state index contributed by atoms with van der Waals surface area (Å²) in [7, 11) is 0. The van der Waals surface area contributed by atoms with Crippen molar-refractivity contribution in [2.45, 2.75) is 11.8 Å². The molecular weight excluding hydrogens is 466 g/mol. The second-order valence-electron chi connectivity index (χ2n) is 5.25. The van der Waals surface area contributed by atoms with E-state index in [-0.39, 0.29) is 20.6 Å². The van der Waals surface area contributed by atoms with Crippen molar-refractivity contribution in [3.8, 4) is 0 Å². The summed E-state index contributed by atoms with van der Waals surface area (Å²) in [5.74, 6) is -6.38. The molecule has 0 atom stereocenters. The van der Waals surface area contributed by atoms with E-state index < -0.39 is 30.5 Å². The van der Waals surface area contributed by atoms with Crippen molar-refractivity contribution in [3.05, 3.63) is 78.1 Å². The summed E-state index contributed by atoms with van der Waals surface area (Å²) in [5, 5.41) is 3.19. The van der Waals surface area contributed by atoms with E-state index >= 15 is 0 Å². The molecule has 152 valence electrons. The van der Waals surface area contributed by atoms with Crippen molar-refractivity contribution in [1.29, 1.82) is 0 Å². The molecule has 0 aromatic heterocycles. The molecule has 0 unspecified atom stereocenters. The monoisotopic (exact) mass is 476 g/mol. The highest BCUT2D eigenvalue weighted by atomic mass is 35.5. The Kier molecular flexibility index (Phi) is 9.14. The van der Waals surface area contributed by atoms with Crippen LogP contribution in [0.25, 0.3) is 10.4 Å². The molecule has 0 saturated carbocycles. The first-order chi connectivity index (χ1) is 12.9. The highest BCUT2D eigenvalue weighted by Crippen LogP contribution is 2.35. The fraction of sp³-hybridized carbons (Fsp3) is 0.250. The van der Waals surface area contributed by atoms with Gasteiger partial charge in [-0.1, -0.05) is 63.7 Å². The van der Waals surface area contributed by atoms with Crippen LogP contribution in [0.3, 0.4) is 0 Å². The minimum absolute atomic E-state index is 0.0667. The number of hydrogen-bond acceptors (Lipinski definition) is 2. The lowest BCUT2D eigenvalue weighted by Crippen LogP contribution is -2.25. The van der Waals surface area contributed by atoms with Crippen molar-refractivity contribution in [1.82, 2.24) is 0 Å². The van der Waals surface area contributed by atoms with E-state index in [1.54, 1.807) is 0 Å². The molecule has 0 fully saturated rings. The van der Waals surface area contributed by atoms with Crippen LogP contribution >= 0.6 is 46.4 Å². The maximum atomic E-state index is 13.3. The largest absolute Gasteiger partial charge is 0.325 e. The van der Waals surface area contributed by atoms with E-state index in [2.05, 4.69) is 10.0 Å². The highest BCUT2D eigenvalue weighted by molar-refractivity contribution is 6.35. The molecule has 4 nitrogen and oxygen atoms in total. The molecule has 0 heterocycles. The van der Waals surface area contributed by atoms with Gasteiger partial charge in [0.15, 0.2) is 0 Å². The summed E-state index contributed by atoms with van der Waals surface area (Å²) >= 11 is 22.3. The third kappa shape index (κ3) is 6.88. The first kappa shape index (κ1) is 24.6. The molecule has 2 aromatic rings. The molecule has 2 aromatic carbocycles. The van der Waals surface area contributed by atoms with Crippen molar-refractivity contribution in [3.63, 3.8) is 0 Å². The van der Waals surface area contributed by atoms with Crippen LogP contribution in [-0.2, 0) is 11.8 Å². The summed E-state index contributed by atoms with van der Waals surface area (Å²) < 4.78 is 52.7. The minimum atomic E-state index is -3.28. The van der Waals surface area contributed by atoms with Crippen LogP contribution in [0.2, 0.25) is 20.1 Å². The summed E-state index contributed by atoms with van der Waals surface area (Å²) in [5.41, 5.74) is 12.2. The Morgan fingerprint density at radius 2 is 1.29 bits per heavy atom. The smallest absolute Gasteiger partial charge is 0.286 e. The standard InChI is InChI=1S/C8H5Cl2F2N3.C8H7Cl2F2N/c9-5-1-2-6(7(10)3-5)8(11,12)4-14-15-13;9-5-1-2-6(7(10)3-5)8(11,12)4-13/h1-3H,4H2;1-3H,4,13H2. The zero-order valence-corrected chi connectivity index (χ0v) is 16.8. The van der Waals surface area contributed by atoms with Gasteiger partial charge in [0.2, 0.25) is 0 Å². The zero-order chi connectivity index (χ0) is 21.5. The van der Waals surface area contributed by atoms with E-state index in [0.29, 0.717) is 5.02 Å². The van der Waals surface area contributed by atoms with Crippen LogP contribution in [0.1, 0.15) is 11.1 Å². The quantitative estimate of drug-likeness (QED) is 0.206. The Hall–Kier alpha value is -1.41. The van der Waals surface area contributed by atoms with Gasteiger partial charge in [-0.15, -0.1) is 0 Å². The van der Waals surface area contributed by atoms with Gasteiger partial charge in [-0.3, -0.25) is 0 Å². The maximum Gasteiger partial charge on any atom is 0.286 e. The Bertz CT molecular complexity index is 874. The van der Waals surface area contributed by atoms with Crippen LogP contribution in [0.15, 0.2) is 41.5 Å². The molecular formula is C16H12Cl4F4N4. The van der Waals surface area contributed by atoms with E-state index in [9.17, 15) is 17.6 Å². The molecule has 12 heteroatoms. The topological polar surface area (TPSA) is 74.8 Å². The Morgan fingerprint density at radius 3 is 1.64 bits per heavy atom. The predicted octanol–water partition coefficient (Wildman–Crippen LogP) is 7.44. The third-order valence-corrected chi connectivity index (χ3v) is 4.33. The molecule has 0 aliphatic carbocycles. The molecule has 2 N–H and O–H groups in total. The van der Waals surface area contributed by atoms with Crippen molar-refractivity contribution in [2.75, 3.05) is 13.1 Å². The average molecular weight is 478 g/mol. The number of benzene rings is 2. The van der Waals surface area contributed by atoms with Gasteiger partial charge in [0.25, 0.3) is 11.8 Å². The fourth-order valence-corrected chi connectivity index (χ4v) is 2.98. The molecule has 0 aliphatic rings. The van der Waals surface area contributed by atoms with Gasteiger partial charge >= 0.3 is 0 Å². The summed E-state index contributed by atoms with van der Waals surface area (Å²) in [6, 6.07) is 7.42.